The zero-order valence-corrected chi connectivity index (χ0v) is 11.3. The lowest BCUT2D eigenvalue weighted by Crippen LogP contribution is -2.33. The third kappa shape index (κ3) is 2.89. The van der Waals surface area contributed by atoms with Crippen molar-refractivity contribution in [1.29, 1.82) is 0 Å². The van der Waals surface area contributed by atoms with E-state index in [1.165, 1.54) is 0 Å². The van der Waals surface area contributed by atoms with Gasteiger partial charge in [0.15, 0.2) is 0 Å². The number of benzene rings is 1. The molecule has 1 aromatic carbocycles. The molecule has 1 aliphatic heterocycles. The van der Waals surface area contributed by atoms with Gasteiger partial charge in [0.05, 0.1) is 13.2 Å². The molecule has 1 saturated heterocycles. The summed E-state index contributed by atoms with van der Waals surface area (Å²) >= 11 is 0. The Hall–Kier alpha value is -1.97. The predicted molar refractivity (Wildman–Crippen MR) is 73.1 cm³/mol. The monoisotopic (exact) mass is 261 g/mol. The summed E-state index contributed by atoms with van der Waals surface area (Å²) < 4.78 is 10.4. The number of rotatable bonds is 5. The van der Waals surface area contributed by atoms with Gasteiger partial charge in [0.2, 0.25) is 0 Å². The van der Waals surface area contributed by atoms with Gasteiger partial charge in [-0.3, -0.25) is 4.90 Å². The normalized spacial score (nSPS) is 22.2. The lowest BCUT2D eigenvalue weighted by molar-refractivity contribution is 0.131. The second kappa shape index (κ2) is 5.78. The molecule has 1 heterocycles. The van der Waals surface area contributed by atoms with Crippen LogP contribution in [0.2, 0.25) is 0 Å². The molecule has 19 heavy (non-hydrogen) atoms. The van der Waals surface area contributed by atoms with Crippen LogP contribution >= 0.6 is 0 Å². The molecule has 4 nitrogen and oxygen atoms in total. The van der Waals surface area contributed by atoms with Gasteiger partial charge in [-0.2, -0.15) is 0 Å². The van der Waals surface area contributed by atoms with E-state index in [0.29, 0.717) is 13.0 Å². The van der Waals surface area contributed by atoms with Gasteiger partial charge in [0, 0.05) is 13.0 Å². The zero-order chi connectivity index (χ0) is 13.8. The first-order chi connectivity index (χ1) is 9.15. The Labute approximate surface area is 113 Å². The highest BCUT2D eigenvalue weighted by Gasteiger charge is 2.37. The summed E-state index contributed by atoms with van der Waals surface area (Å²) in [5, 5.41) is 0. The fourth-order valence-corrected chi connectivity index (χ4v) is 2.21. The van der Waals surface area contributed by atoms with E-state index >= 15 is 0 Å². The Kier molecular flexibility index (Phi) is 4.10. The van der Waals surface area contributed by atoms with Crippen molar-refractivity contribution in [3.8, 4) is 5.75 Å². The third-order valence-corrected chi connectivity index (χ3v) is 3.43. The van der Waals surface area contributed by atoms with E-state index in [1.54, 1.807) is 18.1 Å². The Morgan fingerprint density at radius 2 is 2.11 bits per heavy atom. The number of amides is 1. The molecule has 0 radical (unpaired) electrons. The fraction of sp³-hybridized carbons (Fsp3) is 0.400. The van der Waals surface area contributed by atoms with Crippen LogP contribution in [0, 0.1) is 0 Å². The molecule has 1 unspecified atom stereocenters. The third-order valence-electron chi connectivity index (χ3n) is 3.43. The van der Waals surface area contributed by atoms with E-state index in [1.807, 2.05) is 31.2 Å². The lowest BCUT2D eigenvalue weighted by Gasteiger charge is -2.20. The maximum absolute atomic E-state index is 11.8. The summed E-state index contributed by atoms with van der Waals surface area (Å²) in [7, 11) is 1.63. The van der Waals surface area contributed by atoms with Crippen molar-refractivity contribution >= 4 is 6.09 Å². The van der Waals surface area contributed by atoms with E-state index in [2.05, 4.69) is 6.58 Å². The summed E-state index contributed by atoms with van der Waals surface area (Å²) in [4.78, 5) is 13.6. The summed E-state index contributed by atoms with van der Waals surface area (Å²) in [5.74, 6) is 0.810. The summed E-state index contributed by atoms with van der Waals surface area (Å²) in [6.07, 6.45) is 2.12. The maximum atomic E-state index is 11.8. The molecule has 0 saturated carbocycles. The number of hydrogen-bond donors (Lipinski definition) is 0. The smallest absolute Gasteiger partial charge is 0.410 e. The van der Waals surface area contributed by atoms with Crippen LogP contribution in [0.1, 0.15) is 18.9 Å². The van der Waals surface area contributed by atoms with E-state index in [0.717, 1.165) is 11.3 Å². The molecule has 2 rings (SSSR count). The van der Waals surface area contributed by atoms with Gasteiger partial charge >= 0.3 is 6.09 Å². The topological polar surface area (TPSA) is 38.8 Å². The lowest BCUT2D eigenvalue weighted by atomic mass is 10.1. The summed E-state index contributed by atoms with van der Waals surface area (Å²) in [6, 6.07) is 7.76. The van der Waals surface area contributed by atoms with Crippen LogP contribution < -0.4 is 4.74 Å². The van der Waals surface area contributed by atoms with Gasteiger partial charge in [-0.25, -0.2) is 4.79 Å². The van der Waals surface area contributed by atoms with Gasteiger partial charge in [-0.05, 0) is 24.6 Å². The number of methoxy groups -OCH3 is 1. The zero-order valence-electron chi connectivity index (χ0n) is 11.3. The summed E-state index contributed by atoms with van der Waals surface area (Å²) in [5.41, 5.74) is 1.06. The van der Waals surface area contributed by atoms with E-state index < -0.39 is 0 Å². The van der Waals surface area contributed by atoms with E-state index in [4.69, 9.17) is 9.47 Å². The number of carbonyl (C=O) groups excluding carboxylic acids is 1. The number of nitrogens with zero attached hydrogens (tertiary/aromatic N) is 1. The minimum Gasteiger partial charge on any atom is -0.497 e. The van der Waals surface area contributed by atoms with Gasteiger partial charge in [0.1, 0.15) is 11.9 Å². The van der Waals surface area contributed by atoms with Crippen molar-refractivity contribution in [2.75, 3.05) is 7.11 Å². The van der Waals surface area contributed by atoms with Crippen LogP contribution in [0.4, 0.5) is 4.79 Å². The van der Waals surface area contributed by atoms with Crippen molar-refractivity contribution in [1.82, 2.24) is 4.90 Å². The first-order valence-corrected chi connectivity index (χ1v) is 6.36. The van der Waals surface area contributed by atoms with Crippen LogP contribution in [0.3, 0.4) is 0 Å². The Morgan fingerprint density at radius 1 is 1.42 bits per heavy atom. The molecule has 4 heteroatoms. The predicted octanol–water partition coefficient (Wildman–Crippen LogP) is 2.98. The second-order valence-electron chi connectivity index (χ2n) is 4.66. The average molecular weight is 261 g/mol. The number of hydrogen-bond acceptors (Lipinski definition) is 3. The van der Waals surface area contributed by atoms with Gasteiger partial charge in [-0.1, -0.05) is 18.2 Å². The van der Waals surface area contributed by atoms with Crippen molar-refractivity contribution in [3.63, 3.8) is 0 Å². The molecule has 1 aromatic rings. The molecule has 1 aliphatic rings. The average Bonchev–Trinajstić information content (AvgIpc) is 2.68. The molecule has 1 amide bonds. The quantitative estimate of drug-likeness (QED) is 0.765. The van der Waals surface area contributed by atoms with Gasteiger partial charge < -0.3 is 9.47 Å². The molecule has 0 aromatic heterocycles. The number of cyclic esters (lactones) is 1. The molecule has 1 fully saturated rings. The molecule has 2 atom stereocenters. The maximum Gasteiger partial charge on any atom is 0.410 e. The Bertz CT molecular complexity index is 455. The minimum atomic E-state index is -0.254. The van der Waals surface area contributed by atoms with Crippen LogP contribution in [0.15, 0.2) is 36.9 Å². The van der Waals surface area contributed by atoms with Crippen LogP contribution in [0.5, 0.6) is 5.75 Å². The van der Waals surface area contributed by atoms with Crippen molar-refractivity contribution in [2.24, 2.45) is 0 Å². The highest BCUT2D eigenvalue weighted by molar-refractivity contribution is 5.70. The second-order valence-corrected chi connectivity index (χ2v) is 4.66. The van der Waals surface area contributed by atoms with Gasteiger partial charge in [0.25, 0.3) is 0 Å². The van der Waals surface area contributed by atoms with Crippen LogP contribution in [-0.2, 0) is 11.3 Å². The highest BCUT2D eigenvalue weighted by atomic mass is 16.6. The summed E-state index contributed by atoms with van der Waals surface area (Å²) in [6.45, 7) is 6.24. The first kappa shape index (κ1) is 13.5. The molecular weight excluding hydrogens is 242 g/mol. The number of ether oxygens (including phenoxy) is 2. The van der Waals surface area contributed by atoms with Crippen LogP contribution in [0.25, 0.3) is 0 Å². The first-order valence-electron chi connectivity index (χ1n) is 6.36. The van der Waals surface area contributed by atoms with Crippen molar-refractivity contribution in [3.05, 3.63) is 42.5 Å². The number of carbonyl (C=O) groups is 1. The molecule has 102 valence electrons. The minimum absolute atomic E-state index is 0.0626. The van der Waals surface area contributed by atoms with Gasteiger partial charge in [-0.15, -0.1) is 6.58 Å². The molecular formula is C15H19NO3. The molecule has 0 aliphatic carbocycles. The molecule has 0 bridgehead atoms. The molecule has 0 N–H and O–H groups in total. The van der Waals surface area contributed by atoms with Crippen molar-refractivity contribution in [2.45, 2.75) is 32.0 Å². The van der Waals surface area contributed by atoms with E-state index in [-0.39, 0.29) is 18.2 Å². The van der Waals surface area contributed by atoms with E-state index in [9.17, 15) is 4.79 Å². The van der Waals surface area contributed by atoms with Crippen molar-refractivity contribution < 1.29 is 14.3 Å². The SMILES string of the molecule is C=CCC1OC(=O)N(Cc2ccc(OC)cc2)[C@H]1C. The Morgan fingerprint density at radius 3 is 2.68 bits per heavy atom. The molecule has 0 spiro atoms. The standard InChI is InChI=1S/C15H19NO3/c1-4-5-14-11(2)16(15(17)19-14)10-12-6-8-13(18-3)9-7-12/h4,6-9,11,14H,1,5,10H2,2-3H3/t11-,14?/m0/s1. The highest BCUT2D eigenvalue weighted by Crippen LogP contribution is 2.24. The largest absolute Gasteiger partial charge is 0.497 e. The Balaban J connectivity index is 2.05. The van der Waals surface area contributed by atoms with Crippen LogP contribution in [-0.4, -0.2) is 30.2 Å². The fourth-order valence-electron chi connectivity index (χ4n) is 2.21.